The average molecular weight is 434 g/mol. The van der Waals surface area contributed by atoms with Gasteiger partial charge in [-0.1, -0.05) is 13.3 Å². The molecule has 30 heavy (non-hydrogen) atoms. The van der Waals surface area contributed by atoms with Crippen LogP contribution in [0.4, 0.5) is 0 Å². The minimum Gasteiger partial charge on any atom is -0.490 e. The van der Waals surface area contributed by atoms with Crippen LogP contribution in [0.5, 0.6) is 11.5 Å². The Hall–Kier alpha value is -2.68. The Bertz CT molecular complexity index is 902. The molecule has 1 heterocycles. The van der Waals surface area contributed by atoms with Gasteiger partial charge in [-0.15, -0.1) is 0 Å². The fraction of sp³-hybridized carbons (Fsp3) is 0.524. The van der Waals surface area contributed by atoms with Gasteiger partial charge in [-0.2, -0.15) is 14.9 Å². The number of nitrogens with one attached hydrogen (secondary N) is 1. The normalized spacial score (nSPS) is 11.1. The number of aromatic amines is 1. The molecule has 0 aliphatic carbocycles. The summed E-state index contributed by atoms with van der Waals surface area (Å²) in [6.45, 7) is 9.68. The van der Waals surface area contributed by atoms with Crippen LogP contribution in [0.2, 0.25) is 0 Å². The van der Waals surface area contributed by atoms with Crippen LogP contribution in [-0.4, -0.2) is 58.2 Å². The number of likely N-dealkylation sites (N-methyl/N-ethyl adjacent to an activating group) is 1. The number of H-pyrrole nitrogens is 1. The van der Waals surface area contributed by atoms with Crippen molar-refractivity contribution in [2.75, 3.05) is 26.3 Å². The number of nitrogens with zero attached hydrogens (tertiary/aromatic N) is 4. The second-order valence-electron chi connectivity index (χ2n) is 6.60. The molecular weight excluding hydrogens is 402 g/mol. The van der Waals surface area contributed by atoms with Crippen LogP contribution in [0.15, 0.2) is 23.3 Å². The Labute approximate surface area is 182 Å². The van der Waals surface area contributed by atoms with Gasteiger partial charge in [0.1, 0.15) is 0 Å². The molecule has 0 fully saturated rings. The van der Waals surface area contributed by atoms with Crippen molar-refractivity contribution >= 4 is 24.3 Å². The first-order valence-corrected chi connectivity index (χ1v) is 10.8. The minimum atomic E-state index is -0.0537. The van der Waals surface area contributed by atoms with Crippen molar-refractivity contribution in [3.8, 4) is 11.5 Å². The van der Waals surface area contributed by atoms with Crippen LogP contribution in [0.1, 0.15) is 51.9 Å². The summed E-state index contributed by atoms with van der Waals surface area (Å²) in [5.41, 5.74) is 0.824. The van der Waals surface area contributed by atoms with Gasteiger partial charge >= 0.3 is 0 Å². The number of amides is 1. The number of ether oxygens (including phenoxy) is 2. The summed E-state index contributed by atoms with van der Waals surface area (Å²) in [5, 5.41) is 11.5. The molecule has 0 bridgehead atoms. The predicted molar refractivity (Wildman–Crippen MR) is 120 cm³/mol. The van der Waals surface area contributed by atoms with Crippen molar-refractivity contribution < 1.29 is 14.3 Å². The van der Waals surface area contributed by atoms with Gasteiger partial charge in [0.25, 0.3) is 5.91 Å². The topological polar surface area (TPSA) is 84.7 Å². The lowest BCUT2D eigenvalue weighted by Crippen LogP contribution is -2.34. The SMILES string of the molecule is CCCCc1n[nH]c(=S)n1/N=C\c1ccc(OCC(=O)N(CC)CC)c(OCC)c1. The fourth-order valence-electron chi connectivity index (χ4n) is 2.86. The molecular formula is C21H31N5O3S. The van der Waals surface area contributed by atoms with E-state index in [0.717, 1.165) is 30.7 Å². The van der Waals surface area contributed by atoms with E-state index in [0.29, 0.717) is 36.0 Å². The number of carbonyl (C=O) groups is 1. The molecule has 9 heteroatoms. The largest absolute Gasteiger partial charge is 0.490 e. The highest BCUT2D eigenvalue weighted by Crippen LogP contribution is 2.28. The number of rotatable bonds is 12. The molecule has 0 spiro atoms. The Morgan fingerprint density at radius 2 is 2.00 bits per heavy atom. The van der Waals surface area contributed by atoms with Gasteiger partial charge < -0.3 is 14.4 Å². The second kappa shape index (κ2) is 12.1. The van der Waals surface area contributed by atoms with Crippen molar-refractivity contribution in [1.29, 1.82) is 0 Å². The maximum absolute atomic E-state index is 12.2. The summed E-state index contributed by atoms with van der Waals surface area (Å²) < 4.78 is 13.5. The highest BCUT2D eigenvalue weighted by Gasteiger charge is 2.13. The van der Waals surface area contributed by atoms with Gasteiger partial charge in [0, 0.05) is 19.5 Å². The van der Waals surface area contributed by atoms with Crippen molar-refractivity contribution in [2.45, 2.75) is 47.0 Å². The Kier molecular flexibility index (Phi) is 9.53. The first-order chi connectivity index (χ1) is 14.5. The Morgan fingerprint density at radius 1 is 1.23 bits per heavy atom. The molecule has 1 amide bonds. The molecule has 0 saturated carbocycles. The van der Waals surface area contributed by atoms with Crippen LogP contribution in [-0.2, 0) is 11.2 Å². The number of hydrogen-bond donors (Lipinski definition) is 1. The van der Waals surface area contributed by atoms with E-state index in [1.807, 2.05) is 32.9 Å². The van der Waals surface area contributed by atoms with Crippen molar-refractivity contribution in [3.63, 3.8) is 0 Å². The molecule has 2 aromatic rings. The van der Waals surface area contributed by atoms with Crippen LogP contribution in [0.3, 0.4) is 0 Å². The molecule has 0 atom stereocenters. The van der Waals surface area contributed by atoms with Crippen LogP contribution < -0.4 is 9.47 Å². The van der Waals surface area contributed by atoms with E-state index < -0.39 is 0 Å². The van der Waals surface area contributed by atoms with Crippen LogP contribution >= 0.6 is 12.2 Å². The maximum atomic E-state index is 12.2. The summed E-state index contributed by atoms with van der Waals surface area (Å²) in [7, 11) is 0. The average Bonchev–Trinajstić information content (AvgIpc) is 3.10. The standard InChI is InChI=1S/C21H31N5O3S/c1-5-9-10-19-23-24-21(30)26(19)22-14-16-11-12-17(18(13-16)28-8-4)29-15-20(27)25(6-2)7-3/h11-14H,5-10,15H2,1-4H3,(H,24,30)/b22-14-. The molecule has 8 nitrogen and oxygen atoms in total. The molecule has 0 aliphatic rings. The molecule has 0 unspecified atom stereocenters. The number of carbonyl (C=O) groups excluding carboxylic acids is 1. The van der Waals surface area contributed by atoms with E-state index in [-0.39, 0.29) is 12.5 Å². The lowest BCUT2D eigenvalue weighted by atomic mass is 10.2. The first-order valence-electron chi connectivity index (χ1n) is 10.4. The van der Waals surface area contributed by atoms with Crippen molar-refractivity contribution in [1.82, 2.24) is 19.8 Å². The lowest BCUT2D eigenvalue weighted by Gasteiger charge is -2.19. The molecule has 2 rings (SSSR count). The van der Waals surface area contributed by atoms with E-state index in [2.05, 4.69) is 22.2 Å². The summed E-state index contributed by atoms with van der Waals surface area (Å²) in [6, 6.07) is 5.48. The van der Waals surface area contributed by atoms with Crippen molar-refractivity contribution in [3.05, 3.63) is 34.4 Å². The third-order valence-electron chi connectivity index (χ3n) is 4.53. The predicted octanol–water partition coefficient (Wildman–Crippen LogP) is 3.81. The van der Waals surface area contributed by atoms with E-state index in [1.54, 1.807) is 21.9 Å². The van der Waals surface area contributed by atoms with Crippen LogP contribution in [0, 0.1) is 4.77 Å². The Balaban J connectivity index is 2.17. The van der Waals surface area contributed by atoms with E-state index >= 15 is 0 Å². The second-order valence-corrected chi connectivity index (χ2v) is 6.99. The monoisotopic (exact) mass is 433 g/mol. The summed E-state index contributed by atoms with van der Waals surface area (Å²) in [4.78, 5) is 13.9. The smallest absolute Gasteiger partial charge is 0.260 e. The molecule has 1 N–H and O–H groups in total. The van der Waals surface area contributed by atoms with Gasteiger partial charge in [0.15, 0.2) is 23.9 Å². The summed E-state index contributed by atoms with van der Waals surface area (Å²) in [5.74, 6) is 1.84. The summed E-state index contributed by atoms with van der Waals surface area (Å²) in [6.07, 6.45) is 4.59. The number of aromatic nitrogens is 3. The highest BCUT2D eigenvalue weighted by atomic mass is 32.1. The lowest BCUT2D eigenvalue weighted by molar-refractivity contribution is -0.132. The fourth-order valence-corrected chi connectivity index (χ4v) is 3.06. The quantitative estimate of drug-likeness (QED) is 0.406. The molecule has 0 aliphatic heterocycles. The molecule has 0 radical (unpaired) electrons. The van der Waals surface area contributed by atoms with Crippen LogP contribution in [0.25, 0.3) is 0 Å². The third-order valence-corrected chi connectivity index (χ3v) is 4.79. The Morgan fingerprint density at radius 3 is 2.67 bits per heavy atom. The zero-order valence-electron chi connectivity index (χ0n) is 18.2. The van der Waals surface area contributed by atoms with Crippen molar-refractivity contribution in [2.24, 2.45) is 5.10 Å². The third kappa shape index (κ3) is 6.41. The molecule has 1 aromatic carbocycles. The zero-order valence-corrected chi connectivity index (χ0v) is 19.0. The number of hydrogen-bond acceptors (Lipinski definition) is 6. The van der Waals surface area contributed by atoms with E-state index in [1.165, 1.54) is 0 Å². The maximum Gasteiger partial charge on any atom is 0.260 e. The molecule has 0 saturated heterocycles. The van der Waals surface area contributed by atoms with E-state index in [4.69, 9.17) is 21.7 Å². The number of aryl methyl sites for hydroxylation is 1. The zero-order chi connectivity index (χ0) is 21.9. The van der Waals surface area contributed by atoms with Gasteiger partial charge in [0.05, 0.1) is 12.8 Å². The number of unbranched alkanes of at least 4 members (excludes halogenated alkanes) is 1. The summed E-state index contributed by atoms with van der Waals surface area (Å²) >= 11 is 5.28. The molecule has 164 valence electrons. The van der Waals surface area contributed by atoms with Gasteiger partial charge in [-0.3, -0.25) is 9.89 Å². The van der Waals surface area contributed by atoms with Gasteiger partial charge in [0.2, 0.25) is 4.77 Å². The molecule has 1 aromatic heterocycles. The van der Waals surface area contributed by atoms with Gasteiger partial charge in [-0.05, 0) is 63.2 Å². The minimum absolute atomic E-state index is 0.0276. The van der Waals surface area contributed by atoms with E-state index in [9.17, 15) is 4.79 Å². The first kappa shape index (κ1) is 23.6. The number of benzene rings is 1. The van der Waals surface area contributed by atoms with Gasteiger partial charge in [-0.25, -0.2) is 0 Å². The highest BCUT2D eigenvalue weighted by molar-refractivity contribution is 7.71.